The highest BCUT2D eigenvalue weighted by atomic mass is 19.3. The van der Waals surface area contributed by atoms with Gasteiger partial charge in [0.05, 0.1) is 6.10 Å². The second kappa shape index (κ2) is 6.56. The lowest BCUT2D eigenvalue weighted by Gasteiger charge is -2.64. The van der Waals surface area contributed by atoms with Gasteiger partial charge in [-0.2, -0.15) is 0 Å². The molecule has 2 N–H and O–H groups in total. The number of hydrogen-bond acceptors (Lipinski definition) is 2. The molecular weight excluding hydrogens is 394 g/mol. The maximum atomic E-state index is 14.6. The fraction of sp³-hybridized carbons (Fsp3) is 0.926. The Hall–Kier alpha value is -0.480. The summed E-state index contributed by atoms with van der Waals surface area (Å²) in [6, 6.07) is 0. The van der Waals surface area contributed by atoms with Crippen LogP contribution in [0, 0.1) is 33.5 Å². The summed E-state index contributed by atoms with van der Waals surface area (Å²) in [5, 5.41) is 20.3. The number of aliphatic hydroxyl groups excluding tert-OH is 1. The first-order chi connectivity index (χ1) is 14.3. The molecule has 0 aromatic carbocycles. The van der Waals surface area contributed by atoms with Crippen LogP contribution in [0.4, 0.5) is 8.78 Å². The molecule has 0 saturated heterocycles. The first-order valence-electron chi connectivity index (χ1n) is 12.7. The second-order valence-electron chi connectivity index (χ2n) is 13.3. The minimum Gasteiger partial charge on any atom is -0.393 e. The third kappa shape index (κ3) is 2.92. The number of allylic oxidation sites excluding steroid dienone is 1. The van der Waals surface area contributed by atoms with Crippen molar-refractivity contribution >= 4 is 0 Å². The summed E-state index contributed by atoms with van der Waals surface area (Å²) in [7, 11) is 0. The molecule has 7 aliphatic rings. The van der Waals surface area contributed by atoms with Crippen LogP contribution in [0.5, 0.6) is 0 Å². The van der Waals surface area contributed by atoms with Crippen LogP contribution in [0.15, 0.2) is 11.6 Å². The van der Waals surface area contributed by atoms with E-state index in [9.17, 15) is 19.0 Å². The van der Waals surface area contributed by atoms with E-state index in [1.807, 2.05) is 0 Å². The van der Waals surface area contributed by atoms with Crippen molar-refractivity contribution in [2.75, 3.05) is 0 Å². The standard InChI is InChI=1S/C27H42F2O2/c1-22(2,31)27(28,29)12-8-18-5-6-21-23(18,3)13-14-26-16-25(21,17-26)11-7-19-15-20(30)9-10-24(19,26)4/h7,18,20-21,30-31H,5-6,8-17H2,1-4H3/t18-,20+,21?,23-,24?,25?,26?/m1/s1. The fourth-order valence-corrected chi connectivity index (χ4v) is 9.45. The molecule has 31 heavy (non-hydrogen) atoms. The van der Waals surface area contributed by atoms with Crippen LogP contribution in [-0.4, -0.2) is 27.8 Å². The molecule has 5 atom stereocenters. The Kier molecular flexibility index (Phi) is 4.72. The topological polar surface area (TPSA) is 40.5 Å². The third-order valence-electron chi connectivity index (χ3n) is 11.6. The van der Waals surface area contributed by atoms with Gasteiger partial charge in [-0.1, -0.05) is 25.5 Å². The van der Waals surface area contributed by atoms with Gasteiger partial charge < -0.3 is 10.2 Å². The van der Waals surface area contributed by atoms with Crippen molar-refractivity contribution in [3.05, 3.63) is 11.6 Å². The van der Waals surface area contributed by atoms with Crippen LogP contribution in [0.25, 0.3) is 0 Å². The lowest BCUT2D eigenvalue weighted by Crippen LogP contribution is -2.56. The molecule has 7 rings (SSSR count). The number of halogens is 2. The highest BCUT2D eigenvalue weighted by molar-refractivity contribution is 5.33. The van der Waals surface area contributed by atoms with Crippen LogP contribution in [0.1, 0.15) is 105 Å². The van der Waals surface area contributed by atoms with Gasteiger partial charge in [-0.25, -0.2) is 8.78 Å². The molecule has 7 aliphatic carbocycles. The van der Waals surface area contributed by atoms with Crippen molar-refractivity contribution in [1.82, 2.24) is 0 Å². The van der Waals surface area contributed by atoms with E-state index >= 15 is 0 Å². The van der Waals surface area contributed by atoms with E-state index in [1.165, 1.54) is 45.1 Å². The number of alkyl halides is 2. The van der Waals surface area contributed by atoms with Gasteiger partial charge in [-0.05, 0) is 118 Å². The van der Waals surface area contributed by atoms with Crippen molar-refractivity contribution in [2.45, 2.75) is 122 Å². The summed E-state index contributed by atoms with van der Waals surface area (Å²) >= 11 is 0. The third-order valence-corrected chi connectivity index (χ3v) is 11.6. The zero-order valence-corrected chi connectivity index (χ0v) is 19.9. The summed E-state index contributed by atoms with van der Waals surface area (Å²) in [6.07, 6.45) is 13.9. The quantitative estimate of drug-likeness (QED) is 0.485. The molecule has 0 aromatic rings. The molecule has 176 valence electrons. The smallest absolute Gasteiger partial charge is 0.275 e. The maximum absolute atomic E-state index is 14.6. The number of aliphatic hydroxyl groups is 2. The van der Waals surface area contributed by atoms with Gasteiger partial charge >= 0.3 is 0 Å². The largest absolute Gasteiger partial charge is 0.393 e. The monoisotopic (exact) mass is 436 g/mol. The van der Waals surface area contributed by atoms with Crippen LogP contribution in [0.3, 0.4) is 0 Å². The van der Waals surface area contributed by atoms with Crippen molar-refractivity contribution < 1.29 is 19.0 Å². The van der Waals surface area contributed by atoms with Gasteiger partial charge in [0.2, 0.25) is 0 Å². The number of fused-ring (bicyclic) bond motifs is 2. The summed E-state index contributed by atoms with van der Waals surface area (Å²) in [4.78, 5) is 0. The van der Waals surface area contributed by atoms with Crippen LogP contribution in [0.2, 0.25) is 0 Å². The van der Waals surface area contributed by atoms with E-state index < -0.39 is 11.5 Å². The minimum absolute atomic E-state index is 0.143. The first kappa shape index (κ1) is 22.3. The van der Waals surface area contributed by atoms with Crippen LogP contribution >= 0.6 is 0 Å². The molecule has 0 aliphatic heterocycles. The molecule has 0 spiro atoms. The molecule has 0 amide bonds. The van der Waals surface area contributed by atoms with Gasteiger partial charge in [0.25, 0.3) is 5.92 Å². The zero-order chi connectivity index (χ0) is 22.5. The second-order valence-corrected chi connectivity index (χ2v) is 13.3. The van der Waals surface area contributed by atoms with Gasteiger partial charge in [0.1, 0.15) is 5.60 Å². The summed E-state index contributed by atoms with van der Waals surface area (Å²) < 4.78 is 29.1. The zero-order valence-electron chi connectivity index (χ0n) is 19.9. The summed E-state index contributed by atoms with van der Waals surface area (Å²) in [6.45, 7) is 7.38. The molecule has 5 saturated carbocycles. The van der Waals surface area contributed by atoms with E-state index in [2.05, 4.69) is 19.9 Å². The number of hydrogen-bond donors (Lipinski definition) is 2. The van der Waals surface area contributed by atoms with E-state index in [0.717, 1.165) is 38.5 Å². The lowest BCUT2D eigenvalue weighted by molar-refractivity contribution is -0.169. The van der Waals surface area contributed by atoms with Crippen LogP contribution in [-0.2, 0) is 0 Å². The molecule has 5 fully saturated rings. The van der Waals surface area contributed by atoms with E-state index in [1.54, 1.807) is 0 Å². The Morgan fingerprint density at radius 2 is 1.77 bits per heavy atom. The van der Waals surface area contributed by atoms with Gasteiger partial charge in [-0.15, -0.1) is 0 Å². The lowest BCUT2D eigenvalue weighted by atomic mass is 9.40. The molecule has 2 nitrogen and oxygen atoms in total. The van der Waals surface area contributed by atoms with E-state index in [-0.39, 0.29) is 23.4 Å². The average molecular weight is 437 g/mol. The highest BCUT2D eigenvalue weighted by Crippen LogP contribution is 2.80. The van der Waals surface area contributed by atoms with Crippen LogP contribution < -0.4 is 0 Å². The average Bonchev–Trinajstić information content (AvgIpc) is 2.73. The Bertz CT molecular complexity index is 775. The summed E-state index contributed by atoms with van der Waals surface area (Å²) in [5.41, 5.74) is 0.619. The molecule has 2 unspecified atom stereocenters. The van der Waals surface area contributed by atoms with Gasteiger partial charge in [0, 0.05) is 6.42 Å². The molecule has 0 aromatic heterocycles. The van der Waals surface area contributed by atoms with Crippen molar-refractivity contribution in [2.24, 2.45) is 33.5 Å². The molecular formula is C27H42F2O2. The minimum atomic E-state index is -3.04. The predicted molar refractivity (Wildman–Crippen MR) is 119 cm³/mol. The molecule has 0 radical (unpaired) electrons. The van der Waals surface area contributed by atoms with Crippen molar-refractivity contribution in [3.8, 4) is 0 Å². The Balaban J connectivity index is 1.42. The number of rotatable bonds is 4. The predicted octanol–water partition coefficient (Wildman–Crippen LogP) is 6.65. The van der Waals surface area contributed by atoms with Crippen molar-refractivity contribution in [1.29, 1.82) is 0 Å². The Morgan fingerprint density at radius 3 is 2.45 bits per heavy atom. The molecule has 2 bridgehead atoms. The normalized spacial score (nSPS) is 49.3. The molecule has 4 heteroatoms. The van der Waals surface area contributed by atoms with Crippen molar-refractivity contribution in [3.63, 3.8) is 0 Å². The highest BCUT2D eigenvalue weighted by Gasteiger charge is 2.71. The van der Waals surface area contributed by atoms with Gasteiger partial charge in [0.15, 0.2) is 0 Å². The SMILES string of the molecule is CC(C)(O)C(F)(F)CC[C@H]1CCC2C34CC=C5C[C@@H](O)CCC5(C)C(CC[C@@]21C)(C3)C4. The van der Waals surface area contributed by atoms with E-state index in [0.29, 0.717) is 29.1 Å². The Labute approximate surface area is 186 Å². The maximum Gasteiger partial charge on any atom is 0.275 e. The van der Waals surface area contributed by atoms with Gasteiger partial charge in [-0.3, -0.25) is 0 Å². The van der Waals surface area contributed by atoms with E-state index in [4.69, 9.17) is 0 Å². The Morgan fingerprint density at radius 1 is 1.06 bits per heavy atom. The molecule has 0 heterocycles. The summed E-state index contributed by atoms with van der Waals surface area (Å²) in [5.74, 6) is -2.07. The first-order valence-corrected chi connectivity index (χ1v) is 12.7. The fourth-order valence-electron chi connectivity index (χ4n) is 9.45.